The molecule has 9 heterocycles. The number of hydrogen-bond acceptors (Lipinski definition) is 11. The van der Waals surface area contributed by atoms with Crippen LogP contribution in [0.3, 0.4) is 0 Å². The zero-order chi connectivity index (χ0) is 50.5. The fraction of sp³-hybridized carbons (Fsp3) is 0.500. The second kappa shape index (κ2) is 24.9. The monoisotopic (exact) mass is 987 g/mol. The third-order valence-electron chi connectivity index (χ3n) is 14.5. The Morgan fingerprint density at radius 3 is 1.23 bits per heavy atom. The summed E-state index contributed by atoms with van der Waals surface area (Å²) in [5, 5.41) is 9.27. The van der Waals surface area contributed by atoms with E-state index >= 15 is 0 Å². The lowest BCUT2D eigenvalue weighted by Gasteiger charge is -2.44. The molecule has 0 aromatic heterocycles. The summed E-state index contributed by atoms with van der Waals surface area (Å²) in [5.74, 6) is 4.45. The number of halogens is 3. The van der Waals surface area contributed by atoms with Crippen LogP contribution >= 0.6 is 0 Å². The summed E-state index contributed by atoms with van der Waals surface area (Å²) in [5.41, 5.74) is 1.38. The number of carbonyl (C=O) groups is 3. The molecule has 3 aromatic carbocycles. The minimum atomic E-state index is -4.37. The van der Waals surface area contributed by atoms with Gasteiger partial charge in [0.05, 0.1) is 41.1 Å². The maximum absolute atomic E-state index is 12.7. The van der Waals surface area contributed by atoms with Crippen LogP contribution in [-0.2, 0) is 20.6 Å². The molecular weight excluding hydrogens is 918 g/mol. The van der Waals surface area contributed by atoms with Crippen LogP contribution < -0.4 is 39.6 Å². The third kappa shape index (κ3) is 14.5. The normalized spacial score (nSPS) is 26.2. The average molecular weight is 987 g/mol. The predicted molar refractivity (Wildman–Crippen MR) is 267 cm³/mol. The zero-order valence-corrected chi connectivity index (χ0v) is 41.5. The van der Waals surface area contributed by atoms with E-state index in [4.69, 9.17) is 23.7 Å². The van der Waals surface area contributed by atoms with Gasteiger partial charge in [-0.2, -0.15) is 13.2 Å². The third-order valence-corrected chi connectivity index (χ3v) is 14.5. The van der Waals surface area contributed by atoms with E-state index in [1.807, 2.05) is 30.3 Å². The van der Waals surface area contributed by atoms with Gasteiger partial charge < -0.3 is 54.3 Å². The number of nitrogens with zero attached hydrogens (tertiary/aromatic N) is 3. The molecule has 71 heavy (non-hydrogen) atoms. The van der Waals surface area contributed by atoms with Crippen LogP contribution in [0.4, 0.5) is 13.2 Å². The maximum Gasteiger partial charge on any atom is 0.416 e. The van der Waals surface area contributed by atoms with Gasteiger partial charge >= 0.3 is 6.18 Å². The molecule has 3 aromatic rings. The fourth-order valence-electron chi connectivity index (χ4n) is 10.6. The Kier molecular flexibility index (Phi) is 18.5. The molecule has 9 saturated heterocycles. The van der Waals surface area contributed by atoms with Gasteiger partial charge in [-0.15, -0.1) is 0 Å². The molecule has 3 amide bonds. The summed E-state index contributed by atoms with van der Waals surface area (Å²) < 4.78 is 64.4. The van der Waals surface area contributed by atoms with E-state index in [0.717, 1.165) is 81.9 Å². The van der Waals surface area contributed by atoms with Crippen LogP contribution in [0.25, 0.3) is 18.2 Å². The number of nitrogens with one attached hydrogen (secondary N) is 3. The minimum Gasteiger partial charge on any atom is -0.493 e. The first-order valence-electron chi connectivity index (χ1n) is 24.6. The summed E-state index contributed by atoms with van der Waals surface area (Å²) in [4.78, 5) is 43.7. The number of amides is 3. The molecule has 9 aliphatic rings. The Bertz CT molecular complexity index is 2350. The minimum absolute atomic E-state index is 0.0291. The Balaban J connectivity index is 0.000000157. The molecule has 12 rings (SSSR count). The lowest BCUT2D eigenvalue weighted by Crippen LogP contribution is -2.57. The first-order chi connectivity index (χ1) is 34.2. The van der Waals surface area contributed by atoms with E-state index in [9.17, 15) is 27.6 Å². The van der Waals surface area contributed by atoms with Gasteiger partial charge in [-0.1, -0.05) is 18.2 Å². The van der Waals surface area contributed by atoms with E-state index < -0.39 is 11.7 Å². The van der Waals surface area contributed by atoms with Gasteiger partial charge in [0.15, 0.2) is 23.0 Å². The van der Waals surface area contributed by atoms with Crippen LogP contribution in [0.2, 0.25) is 0 Å². The summed E-state index contributed by atoms with van der Waals surface area (Å²) >= 11 is 0. The molecule has 6 bridgehead atoms. The average Bonchev–Trinajstić information content (AvgIpc) is 3.40. The maximum atomic E-state index is 12.7. The number of piperidine rings is 9. The van der Waals surface area contributed by atoms with Crippen molar-refractivity contribution in [1.29, 1.82) is 0 Å². The standard InChI is InChI=1S/C19H26N2O4.C18H24N2O3.C17H19F3N2O/c1-23-16-10-13(11-17(24-2)19(16)25-3)4-5-18(22)20-15-12-21-8-6-14(15)7-9-21;1-22-16-5-3-13(11-17(16)23-2)4-6-18(21)19-15-12-20-9-7-14(15)8-10-20;18-17(19,20)14-3-1-2-12(10-14)4-5-16(23)21-15-11-22-8-6-13(15)7-9-22/h4-5,10-11,14-15H,6-9,12H2,1-3H3,(H,20,22);3-6,11,14-15H,7-10,12H2,1-2H3,(H,19,21);1-5,10,13,15H,6-9,11H2,(H,21,23). The molecule has 0 saturated carbocycles. The van der Waals surface area contributed by atoms with Crippen LogP contribution in [0.1, 0.15) is 60.8 Å². The number of methoxy groups -OCH3 is 5. The smallest absolute Gasteiger partial charge is 0.416 e. The number of hydrogen-bond donors (Lipinski definition) is 3. The van der Waals surface area contributed by atoms with E-state index in [0.29, 0.717) is 58.1 Å². The number of ether oxygens (including phenoxy) is 5. The van der Waals surface area contributed by atoms with E-state index in [1.54, 1.807) is 65.9 Å². The molecule has 9 fully saturated rings. The summed E-state index contributed by atoms with van der Waals surface area (Å²) in [6, 6.07) is 14.9. The van der Waals surface area contributed by atoms with Crippen molar-refractivity contribution in [2.45, 2.75) is 62.8 Å². The Morgan fingerprint density at radius 1 is 0.493 bits per heavy atom. The number of carbonyl (C=O) groups excluding carboxylic acids is 3. The summed E-state index contributed by atoms with van der Waals surface area (Å²) in [6.07, 6.45) is 12.1. The number of rotatable bonds is 14. The molecule has 17 heteroatoms. The van der Waals surface area contributed by atoms with E-state index in [-0.39, 0.29) is 29.8 Å². The van der Waals surface area contributed by atoms with Gasteiger partial charge in [-0.3, -0.25) is 14.4 Å². The quantitative estimate of drug-likeness (QED) is 0.147. The molecule has 9 aliphatic heterocycles. The van der Waals surface area contributed by atoms with Crippen molar-refractivity contribution >= 4 is 35.9 Å². The highest BCUT2D eigenvalue weighted by molar-refractivity contribution is 5.93. The van der Waals surface area contributed by atoms with Gasteiger partial charge in [0.25, 0.3) is 0 Å². The highest BCUT2D eigenvalue weighted by atomic mass is 19.4. The highest BCUT2D eigenvalue weighted by Crippen LogP contribution is 2.39. The molecular formula is C54H69F3N6O8. The van der Waals surface area contributed by atoms with Crippen molar-refractivity contribution in [2.24, 2.45) is 17.8 Å². The first-order valence-corrected chi connectivity index (χ1v) is 24.6. The van der Waals surface area contributed by atoms with Crippen LogP contribution in [-0.4, -0.2) is 145 Å². The molecule has 384 valence electrons. The number of benzene rings is 3. The van der Waals surface area contributed by atoms with Crippen LogP contribution in [0, 0.1) is 17.8 Å². The van der Waals surface area contributed by atoms with E-state index in [1.165, 1.54) is 57.0 Å². The molecule has 14 nitrogen and oxygen atoms in total. The van der Waals surface area contributed by atoms with Gasteiger partial charge in [-0.25, -0.2) is 0 Å². The van der Waals surface area contributed by atoms with Crippen molar-refractivity contribution in [2.75, 3.05) is 94.5 Å². The predicted octanol–water partition coefficient (Wildman–Crippen LogP) is 6.79. The van der Waals surface area contributed by atoms with Crippen molar-refractivity contribution in [1.82, 2.24) is 30.7 Å². The van der Waals surface area contributed by atoms with Crippen LogP contribution in [0.5, 0.6) is 28.7 Å². The SMILES string of the molecule is COc1cc(C=CC(=O)NC2CN3CCC2CC3)cc(OC)c1OC.COc1ccc(C=CC(=O)NC2CN3CCC2CC3)cc1OC.O=C(C=Cc1cccc(C(F)(F)F)c1)NC1CN2CCC1CC2. The Labute approximate surface area is 415 Å². The van der Waals surface area contributed by atoms with E-state index in [2.05, 4.69) is 30.7 Å². The van der Waals surface area contributed by atoms with Crippen molar-refractivity contribution < 1.29 is 51.2 Å². The molecule has 0 aliphatic carbocycles. The fourth-order valence-corrected chi connectivity index (χ4v) is 10.6. The van der Waals surface area contributed by atoms with Crippen molar-refractivity contribution in [3.05, 3.63) is 95.1 Å². The van der Waals surface area contributed by atoms with Crippen molar-refractivity contribution in [3.63, 3.8) is 0 Å². The van der Waals surface area contributed by atoms with Gasteiger partial charge in [0.2, 0.25) is 23.5 Å². The molecule has 3 N–H and O–H groups in total. The second-order valence-corrected chi connectivity index (χ2v) is 19.0. The van der Waals surface area contributed by atoms with Gasteiger partial charge in [0, 0.05) is 56.0 Å². The Hall–Kier alpha value is -6.04. The first kappa shape index (κ1) is 52.8. The molecule has 0 radical (unpaired) electrons. The number of fused-ring (bicyclic) bond motifs is 9. The van der Waals surface area contributed by atoms with Gasteiger partial charge in [-0.05, 0) is 167 Å². The summed E-state index contributed by atoms with van der Waals surface area (Å²) in [7, 11) is 7.92. The lowest BCUT2D eigenvalue weighted by molar-refractivity contribution is -0.137. The zero-order valence-electron chi connectivity index (χ0n) is 41.5. The number of alkyl halides is 3. The molecule has 0 spiro atoms. The second-order valence-electron chi connectivity index (χ2n) is 19.0. The topological polar surface area (TPSA) is 143 Å². The Morgan fingerprint density at radius 2 is 0.873 bits per heavy atom. The lowest BCUT2D eigenvalue weighted by atomic mass is 9.84. The largest absolute Gasteiger partial charge is 0.493 e. The molecule has 3 unspecified atom stereocenters. The summed E-state index contributed by atoms with van der Waals surface area (Å²) in [6.45, 7) is 9.70. The van der Waals surface area contributed by atoms with Crippen LogP contribution in [0.15, 0.2) is 72.8 Å². The molecule has 3 atom stereocenters. The van der Waals surface area contributed by atoms with Crippen molar-refractivity contribution in [3.8, 4) is 28.7 Å². The van der Waals surface area contributed by atoms with Gasteiger partial charge in [0.1, 0.15) is 0 Å². The highest BCUT2D eigenvalue weighted by Gasteiger charge is 2.37.